The van der Waals surface area contributed by atoms with Crippen LogP contribution in [0.4, 0.5) is 24.8 Å². The lowest BCUT2D eigenvalue weighted by molar-refractivity contribution is -0.141. The number of rotatable bonds is 7. The first kappa shape index (κ1) is 24.6. The van der Waals surface area contributed by atoms with E-state index in [9.17, 15) is 26.4 Å². The molecule has 0 bridgehead atoms. The van der Waals surface area contributed by atoms with E-state index in [1.807, 2.05) is 13.0 Å². The number of halogens is 3. The summed E-state index contributed by atoms with van der Waals surface area (Å²) < 4.78 is 61.2. The molecule has 176 valence electrons. The molecule has 0 radical (unpaired) electrons. The Labute approximate surface area is 192 Å². The molecule has 1 aromatic carbocycles. The highest BCUT2D eigenvalue weighted by Gasteiger charge is 2.32. The fourth-order valence-corrected chi connectivity index (χ4v) is 4.32. The third-order valence-corrected chi connectivity index (χ3v) is 6.44. The Morgan fingerprint density at radius 3 is 2.55 bits per heavy atom. The van der Waals surface area contributed by atoms with Gasteiger partial charge < -0.3 is 10.6 Å². The molecule has 13 heteroatoms. The number of amides is 1. The maximum absolute atomic E-state index is 12.9. The number of hydrogen-bond acceptors (Lipinski definition) is 8. The lowest BCUT2D eigenvalue weighted by Gasteiger charge is -2.10. The third-order valence-electron chi connectivity index (χ3n) is 4.29. The van der Waals surface area contributed by atoms with Crippen LogP contribution in [0.25, 0.3) is 10.4 Å². The van der Waals surface area contributed by atoms with E-state index in [1.165, 1.54) is 0 Å². The summed E-state index contributed by atoms with van der Waals surface area (Å²) in [6.45, 7) is 3.52. The molecule has 0 atom stereocenters. The minimum Gasteiger partial charge on any atom is -0.349 e. The summed E-state index contributed by atoms with van der Waals surface area (Å²) in [6.07, 6.45) is -2.48. The standard InChI is InChI=1S/C20H20F3N5O3S2/c1-11-8-13(10-14(9-11)27-19-25-5-4-15(28-19)20(21,22)23)16-12(2)26-18(32-16)17(29)24-6-7-33(3,30)31/h4-5,8-10H,6-7H2,1-3H3,(H,24,29)(H,25,27,28). The van der Waals surface area contributed by atoms with Gasteiger partial charge in [-0.2, -0.15) is 13.2 Å². The fourth-order valence-electron chi connectivity index (χ4n) is 2.88. The summed E-state index contributed by atoms with van der Waals surface area (Å²) in [5, 5.41) is 5.49. The smallest absolute Gasteiger partial charge is 0.349 e. The molecule has 2 N–H and O–H groups in total. The average Bonchev–Trinajstić information content (AvgIpc) is 3.08. The van der Waals surface area contributed by atoms with Crippen molar-refractivity contribution in [1.29, 1.82) is 0 Å². The molecule has 0 saturated heterocycles. The number of thiazole rings is 1. The van der Waals surface area contributed by atoms with Crippen LogP contribution >= 0.6 is 11.3 Å². The highest BCUT2D eigenvalue weighted by Crippen LogP contribution is 2.33. The zero-order valence-electron chi connectivity index (χ0n) is 17.8. The number of aryl methyl sites for hydroxylation is 2. The SMILES string of the molecule is Cc1cc(Nc2nccc(C(F)(F)F)n2)cc(-c2sc(C(=O)NCCS(C)(=O)=O)nc2C)c1. The second-order valence-electron chi connectivity index (χ2n) is 7.30. The molecule has 33 heavy (non-hydrogen) atoms. The molecular weight excluding hydrogens is 479 g/mol. The van der Waals surface area contributed by atoms with Crippen molar-refractivity contribution >= 4 is 38.7 Å². The van der Waals surface area contributed by atoms with E-state index < -0.39 is 27.6 Å². The van der Waals surface area contributed by atoms with Crippen molar-refractivity contribution in [2.75, 3.05) is 23.9 Å². The maximum Gasteiger partial charge on any atom is 0.433 e. The minimum absolute atomic E-state index is 0.0267. The van der Waals surface area contributed by atoms with Gasteiger partial charge >= 0.3 is 6.18 Å². The van der Waals surface area contributed by atoms with Crippen LogP contribution in [0.15, 0.2) is 30.5 Å². The summed E-state index contributed by atoms with van der Waals surface area (Å²) in [5.41, 5.74) is 1.51. The molecule has 1 amide bonds. The molecule has 0 unspecified atom stereocenters. The van der Waals surface area contributed by atoms with E-state index in [0.29, 0.717) is 21.8 Å². The quantitative estimate of drug-likeness (QED) is 0.509. The molecule has 3 aromatic rings. The average molecular weight is 500 g/mol. The highest BCUT2D eigenvalue weighted by molar-refractivity contribution is 7.90. The number of carbonyl (C=O) groups is 1. The Balaban J connectivity index is 1.83. The normalized spacial score (nSPS) is 11.9. The third kappa shape index (κ3) is 6.71. The highest BCUT2D eigenvalue weighted by atomic mass is 32.2. The van der Waals surface area contributed by atoms with Crippen molar-refractivity contribution in [2.24, 2.45) is 0 Å². The van der Waals surface area contributed by atoms with Gasteiger partial charge in [-0.1, -0.05) is 6.07 Å². The number of aromatic nitrogens is 3. The lowest BCUT2D eigenvalue weighted by Crippen LogP contribution is -2.28. The molecule has 0 spiro atoms. The van der Waals surface area contributed by atoms with Gasteiger partial charge in [0.1, 0.15) is 15.5 Å². The van der Waals surface area contributed by atoms with Gasteiger partial charge in [0.05, 0.1) is 16.3 Å². The Morgan fingerprint density at radius 1 is 1.15 bits per heavy atom. The van der Waals surface area contributed by atoms with Gasteiger partial charge in [-0.15, -0.1) is 11.3 Å². The van der Waals surface area contributed by atoms with Gasteiger partial charge in [0, 0.05) is 24.7 Å². The molecular formula is C20H20F3N5O3S2. The molecule has 0 aliphatic carbocycles. The molecule has 8 nitrogen and oxygen atoms in total. The topological polar surface area (TPSA) is 114 Å². The molecule has 2 heterocycles. The van der Waals surface area contributed by atoms with E-state index in [1.54, 1.807) is 19.1 Å². The van der Waals surface area contributed by atoms with Crippen LogP contribution in [-0.4, -0.2) is 47.8 Å². The van der Waals surface area contributed by atoms with Crippen LogP contribution in [0, 0.1) is 13.8 Å². The Hall–Kier alpha value is -3.06. The van der Waals surface area contributed by atoms with Crippen LogP contribution in [0.5, 0.6) is 0 Å². The first-order valence-electron chi connectivity index (χ1n) is 9.54. The van der Waals surface area contributed by atoms with E-state index in [4.69, 9.17) is 0 Å². The molecule has 0 aliphatic rings. The molecule has 0 fully saturated rings. The summed E-state index contributed by atoms with van der Waals surface area (Å²) >= 11 is 1.13. The predicted molar refractivity (Wildman–Crippen MR) is 119 cm³/mol. The summed E-state index contributed by atoms with van der Waals surface area (Å²) in [5.74, 6) is -0.866. The van der Waals surface area contributed by atoms with Gasteiger partial charge in [0.25, 0.3) is 5.91 Å². The Bertz CT molecular complexity index is 1290. The van der Waals surface area contributed by atoms with Crippen molar-refractivity contribution < 1.29 is 26.4 Å². The fraction of sp³-hybridized carbons (Fsp3) is 0.300. The van der Waals surface area contributed by atoms with Crippen molar-refractivity contribution in [3.05, 3.63) is 52.4 Å². The maximum atomic E-state index is 12.9. The minimum atomic E-state index is -4.59. The monoisotopic (exact) mass is 499 g/mol. The van der Waals surface area contributed by atoms with Gasteiger partial charge in [-0.05, 0) is 43.2 Å². The number of alkyl halides is 3. The number of nitrogens with one attached hydrogen (secondary N) is 2. The van der Waals surface area contributed by atoms with E-state index in [0.717, 1.165) is 35.4 Å². The van der Waals surface area contributed by atoms with Crippen molar-refractivity contribution in [3.8, 4) is 10.4 Å². The van der Waals surface area contributed by atoms with Gasteiger partial charge in [0.2, 0.25) is 5.95 Å². The van der Waals surface area contributed by atoms with E-state index >= 15 is 0 Å². The summed E-state index contributed by atoms with van der Waals surface area (Å²) in [6, 6.07) is 6.06. The number of hydrogen-bond donors (Lipinski definition) is 2. The molecule has 0 aliphatic heterocycles. The second-order valence-corrected chi connectivity index (χ2v) is 10.6. The zero-order valence-corrected chi connectivity index (χ0v) is 19.5. The molecule has 2 aromatic heterocycles. The predicted octanol–water partition coefficient (Wildman–Crippen LogP) is 3.75. The Kier molecular flexibility index (Phi) is 7.03. The van der Waals surface area contributed by atoms with Crippen molar-refractivity contribution in [2.45, 2.75) is 20.0 Å². The van der Waals surface area contributed by atoms with Gasteiger partial charge in [-0.25, -0.2) is 23.4 Å². The van der Waals surface area contributed by atoms with Gasteiger partial charge in [0.15, 0.2) is 5.01 Å². The summed E-state index contributed by atoms with van der Waals surface area (Å²) in [4.78, 5) is 24.7. The number of benzene rings is 1. The molecule has 3 rings (SSSR count). The largest absolute Gasteiger partial charge is 0.433 e. The second kappa shape index (κ2) is 9.43. The zero-order chi connectivity index (χ0) is 24.4. The van der Waals surface area contributed by atoms with Crippen molar-refractivity contribution in [3.63, 3.8) is 0 Å². The number of sulfone groups is 1. The Morgan fingerprint density at radius 2 is 1.88 bits per heavy atom. The van der Waals surface area contributed by atoms with E-state index in [2.05, 4.69) is 25.6 Å². The molecule has 0 saturated carbocycles. The number of carbonyl (C=O) groups excluding carboxylic acids is 1. The van der Waals surface area contributed by atoms with Crippen LogP contribution in [0.1, 0.15) is 26.8 Å². The van der Waals surface area contributed by atoms with Gasteiger partial charge in [-0.3, -0.25) is 4.79 Å². The van der Waals surface area contributed by atoms with E-state index in [-0.39, 0.29) is 23.3 Å². The summed E-state index contributed by atoms with van der Waals surface area (Å²) in [7, 11) is -3.21. The van der Waals surface area contributed by atoms with Crippen LogP contribution in [0.2, 0.25) is 0 Å². The number of nitrogens with zero attached hydrogens (tertiary/aromatic N) is 3. The first-order valence-corrected chi connectivity index (χ1v) is 12.4. The van der Waals surface area contributed by atoms with Crippen LogP contribution in [-0.2, 0) is 16.0 Å². The van der Waals surface area contributed by atoms with Crippen molar-refractivity contribution in [1.82, 2.24) is 20.3 Å². The number of anilines is 2. The lowest BCUT2D eigenvalue weighted by atomic mass is 10.1. The first-order chi connectivity index (χ1) is 15.3. The van der Waals surface area contributed by atoms with Crippen LogP contribution in [0.3, 0.4) is 0 Å². The van der Waals surface area contributed by atoms with Crippen LogP contribution < -0.4 is 10.6 Å².